The summed E-state index contributed by atoms with van der Waals surface area (Å²) in [6, 6.07) is 4.94. The van der Waals surface area contributed by atoms with Crippen molar-refractivity contribution in [2.24, 2.45) is 11.8 Å². The molecule has 29 heavy (non-hydrogen) atoms. The summed E-state index contributed by atoms with van der Waals surface area (Å²) in [4.78, 5) is 27.0. The van der Waals surface area contributed by atoms with Gasteiger partial charge in [-0.25, -0.2) is 4.79 Å². The summed E-state index contributed by atoms with van der Waals surface area (Å²) in [5.41, 5.74) is 0.566. The van der Waals surface area contributed by atoms with Crippen LogP contribution in [0.3, 0.4) is 0 Å². The largest absolute Gasteiger partial charge is 0.490 e. The van der Waals surface area contributed by atoms with Crippen LogP contribution in [0.4, 0.5) is 5.69 Å². The summed E-state index contributed by atoms with van der Waals surface area (Å²) < 4.78 is 11.3. The Bertz CT molecular complexity index is 718. The van der Waals surface area contributed by atoms with E-state index in [0.29, 0.717) is 30.6 Å². The summed E-state index contributed by atoms with van der Waals surface area (Å²) in [7, 11) is 0. The van der Waals surface area contributed by atoms with Crippen LogP contribution < -0.4 is 9.64 Å². The molecule has 0 radical (unpaired) electrons. The number of amides is 1. The van der Waals surface area contributed by atoms with Crippen LogP contribution >= 0.6 is 0 Å². The van der Waals surface area contributed by atoms with Crippen LogP contribution in [0, 0.1) is 11.8 Å². The minimum absolute atomic E-state index is 0.0308. The first-order chi connectivity index (χ1) is 13.9. The number of benzene rings is 1. The van der Waals surface area contributed by atoms with Crippen molar-refractivity contribution in [2.45, 2.75) is 71.4 Å². The number of carboxylic acid groups (broad SMARTS) is 1. The highest BCUT2D eigenvalue weighted by atomic mass is 16.5. The summed E-state index contributed by atoms with van der Waals surface area (Å²) in [5.74, 6) is 0.137. The highest BCUT2D eigenvalue weighted by molar-refractivity contribution is 6.03. The Morgan fingerprint density at radius 1 is 1.10 bits per heavy atom. The van der Waals surface area contributed by atoms with E-state index in [4.69, 9.17) is 9.47 Å². The molecule has 1 aliphatic carbocycles. The number of rotatable bonds is 6. The number of carboxylic acids is 1. The second-order valence-corrected chi connectivity index (χ2v) is 8.67. The van der Waals surface area contributed by atoms with Gasteiger partial charge in [0.25, 0.3) is 0 Å². The quantitative estimate of drug-likeness (QED) is 0.756. The van der Waals surface area contributed by atoms with E-state index in [-0.39, 0.29) is 29.5 Å². The van der Waals surface area contributed by atoms with Crippen molar-refractivity contribution in [1.29, 1.82) is 0 Å². The summed E-state index contributed by atoms with van der Waals surface area (Å²) in [5, 5.41) is 9.84. The van der Waals surface area contributed by atoms with Gasteiger partial charge in [0.05, 0.1) is 24.5 Å². The molecule has 3 rings (SSSR count). The zero-order valence-electron chi connectivity index (χ0n) is 17.7. The maximum atomic E-state index is 13.3. The molecule has 2 fully saturated rings. The average Bonchev–Trinajstić information content (AvgIpc) is 2.70. The molecule has 6 nitrogen and oxygen atoms in total. The maximum absolute atomic E-state index is 13.3. The molecule has 1 heterocycles. The summed E-state index contributed by atoms with van der Waals surface area (Å²) in [6.45, 7) is 7.40. The van der Waals surface area contributed by atoms with E-state index in [0.717, 1.165) is 38.5 Å². The lowest BCUT2D eigenvalue weighted by Crippen LogP contribution is -2.43. The third-order valence-corrected chi connectivity index (χ3v) is 6.05. The van der Waals surface area contributed by atoms with E-state index in [9.17, 15) is 14.7 Å². The lowest BCUT2D eigenvalue weighted by atomic mass is 9.82. The molecule has 2 aliphatic rings. The minimum Gasteiger partial charge on any atom is -0.490 e. The second kappa shape index (κ2) is 9.61. The Kier molecular flexibility index (Phi) is 7.17. The van der Waals surface area contributed by atoms with Crippen LogP contribution in [0.5, 0.6) is 5.75 Å². The molecule has 0 aromatic heterocycles. The van der Waals surface area contributed by atoms with E-state index >= 15 is 0 Å². The smallest absolute Gasteiger partial charge is 0.337 e. The van der Waals surface area contributed by atoms with Gasteiger partial charge in [0.2, 0.25) is 5.91 Å². The molecule has 0 atom stereocenters. The fraction of sp³-hybridized carbons (Fsp3) is 0.652. The lowest BCUT2D eigenvalue weighted by molar-refractivity contribution is -0.123. The molecular weight excluding hydrogens is 370 g/mol. The molecule has 1 aromatic carbocycles. The number of hydrogen-bond acceptors (Lipinski definition) is 4. The number of hydrogen-bond donors (Lipinski definition) is 1. The normalized spacial score (nSPS) is 23.0. The molecule has 1 saturated heterocycles. The van der Waals surface area contributed by atoms with Crippen LogP contribution in [0.1, 0.15) is 69.7 Å². The van der Waals surface area contributed by atoms with Crippen LogP contribution in [0.25, 0.3) is 0 Å². The number of anilines is 1. The molecule has 6 heteroatoms. The molecule has 160 valence electrons. The molecule has 1 saturated carbocycles. The van der Waals surface area contributed by atoms with Gasteiger partial charge in [-0.05, 0) is 63.6 Å². The van der Waals surface area contributed by atoms with Gasteiger partial charge in [-0.15, -0.1) is 0 Å². The van der Waals surface area contributed by atoms with Crippen LogP contribution in [0.15, 0.2) is 18.2 Å². The van der Waals surface area contributed by atoms with Crippen molar-refractivity contribution in [1.82, 2.24) is 0 Å². The third-order valence-electron chi connectivity index (χ3n) is 6.05. The molecule has 1 amide bonds. The number of carbonyl (C=O) groups excluding carboxylic acids is 1. The zero-order valence-corrected chi connectivity index (χ0v) is 17.7. The Hall–Kier alpha value is -2.08. The van der Waals surface area contributed by atoms with E-state index in [1.807, 2.05) is 13.8 Å². The fourth-order valence-corrected chi connectivity index (χ4v) is 4.31. The van der Waals surface area contributed by atoms with Gasteiger partial charge in [-0.2, -0.15) is 0 Å². The highest BCUT2D eigenvalue weighted by Gasteiger charge is 2.32. The average molecular weight is 404 g/mol. The molecule has 1 aliphatic heterocycles. The topological polar surface area (TPSA) is 76.1 Å². The first-order valence-corrected chi connectivity index (χ1v) is 10.8. The highest BCUT2D eigenvalue weighted by Crippen LogP contribution is 2.34. The number of carbonyl (C=O) groups is 2. The van der Waals surface area contributed by atoms with Gasteiger partial charge in [0.1, 0.15) is 11.9 Å². The van der Waals surface area contributed by atoms with Crippen molar-refractivity contribution >= 4 is 17.6 Å². The first-order valence-electron chi connectivity index (χ1n) is 10.8. The number of aromatic carboxylic acids is 1. The SMILES string of the molecule is CC1CCC(C(=O)N(c2ccc(OC3CCOCC3)cc2C(=O)O)C(C)C)CC1. The molecule has 0 spiro atoms. The predicted molar refractivity (Wildman–Crippen MR) is 112 cm³/mol. The molecule has 1 aromatic rings. The van der Waals surface area contributed by atoms with Crippen molar-refractivity contribution < 1.29 is 24.2 Å². The molecule has 1 N–H and O–H groups in total. The first kappa shape index (κ1) is 21.6. The maximum Gasteiger partial charge on any atom is 0.337 e. The zero-order chi connectivity index (χ0) is 21.0. The minimum atomic E-state index is -1.05. The van der Waals surface area contributed by atoms with Gasteiger partial charge in [-0.3, -0.25) is 4.79 Å². The van der Waals surface area contributed by atoms with Gasteiger partial charge >= 0.3 is 5.97 Å². The van der Waals surface area contributed by atoms with Gasteiger partial charge in [0.15, 0.2) is 0 Å². The van der Waals surface area contributed by atoms with E-state index in [2.05, 4.69) is 6.92 Å². The van der Waals surface area contributed by atoms with Crippen LogP contribution in [0.2, 0.25) is 0 Å². The predicted octanol–water partition coefficient (Wildman–Crippen LogP) is 4.51. The van der Waals surface area contributed by atoms with Crippen molar-refractivity contribution in [3.05, 3.63) is 23.8 Å². The second-order valence-electron chi connectivity index (χ2n) is 8.67. The standard InChI is InChI=1S/C23H33NO5/c1-15(2)24(22(25)17-6-4-16(3)5-7-17)21-9-8-19(14-20(21)23(26)27)29-18-10-12-28-13-11-18/h8-9,14-18H,4-7,10-13H2,1-3H3,(H,26,27). The molecule has 0 bridgehead atoms. The third kappa shape index (κ3) is 5.30. The van der Waals surface area contributed by atoms with Gasteiger partial charge in [-0.1, -0.05) is 6.92 Å². The number of nitrogens with zero attached hydrogens (tertiary/aromatic N) is 1. The lowest BCUT2D eigenvalue weighted by Gasteiger charge is -2.34. The molecular formula is C23H33NO5. The van der Waals surface area contributed by atoms with Crippen molar-refractivity contribution in [3.63, 3.8) is 0 Å². The van der Waals surface area contributed by atoms with Crippen LogP contribution in [-0.2, 0) is 9.53 Å². The Labute approximate surface area is 173 Å². The fourth-order valence-electron chi connectivity index (χ4n) is 4.31. The Morgan fingerprint density at radius 2 is 1.76 bits per heavy atom. The molecule has 0 unspecified atom stereocenters. The van der Waals surface area contributed by atoms with Crippen LogP contribution in [-0.4, -0.2) is 42.3 Å². The van der Waals surface area contributed by atoms with E-state index in [1.165, 1.54) is 0 Å². The number of ether oxygens (including phenoxy) is 2. The van der Waals surface area contributed by atoms with Crippen molar-refractivity contribution in [2.75, 3.05) is 18.1 Å². The summed E-state index contributed by atoms with van der Waals surface area (Å²) >= 11 is 0. The van der Waals surface area contributed by atoms with E-state index < -0.39 is 5.97 Å². The Morgan fingerprint density at radius 3 is 2.34 bits per heavy atom. The van der Waals surface area contributed by atoms with E-state index in [1.54, 1.807) is 23.1 Å². The van der Waals surface area contributed by atoms with Gasteiger partial charge in [0, 0.05) is 24.8 Å². The monoisotopic (exact) mass is 403 g/mol. The van der Waals surface area contributed by atoms with Gasteiger partial charge < -0.3 is 19.5 Å². The van der Waals surface area contributed by atoms with Crippen molar-refractivity contribution in [3.8, 4) is 5.75 Å². The Balaban J connectivity index is 1.85. The summed E-state index contributed by atoms with van der Waals surface area (Å²) in [6.07, 6.45) is 5.45.